The molecule has 1 N–H and O–H groups in total. The summed E-state index contributed by atoms with van der Waals surface area (Å²) in [6.45, 7) is 4.78. The minimum atomic E-state index is -0.210. The number of rotatable bonds is 5. The van der Waals surface area contributed by atoms with Crippen LogP contribution in [0.3, 0.4) is 0 Å². The zero-order chi connectivity index (χ0) is 15.4. The van der Waals surface area contributed by atoms with E-state index in [1.54, 1.807) is 6.07 Å². The van der Waals surface area contributed by atoms with Crippen molar-refractivity contribution in [1.29, 1.82) is 0 Å². The van der Waals surface area contributed by atoms with E-state index in [2.05, 4.69) is 21.2 Å². The standard InChI is InChI=1S/C17H18BrClFN/c1-3-21-16(17-13(18)5-4-6-15(17)20)10-12-8-7-11(2)9-14(12)19/h4-9,16,21H,3,10H2,1-2H3. The van der Waals surface area contributed by atoms with Gasteiger partial charge in [-0.25, -0.2) is 4.39 Å². The second kappa shape index (κ2) is 7.39. The van der Waals surface area contributed by atoms with E-state index < -0.39 is 0 Å². The number of halogens is 3. The third-order valence-corrected chi connectivity index (χ3v) is 4.47. The van der Waals surface area contributed by atoms with E-state index in [-0.39, 0.29) is 11.9 Å². The van der Waals surface area contributed by atoms with E-state index in [0.29, 0.717) is 12.0 Å². The molecule has 1 unspecified atom stereocenters. The van der Waals surface area contributed by atoms with Gasteiger partial charge in [0.1, 0.15) is 5.82 Å². The number of likely N-dealkylation sites (N-methyl/N-ethyl adjacent to an activating group) is 1. The highest BCUT2D eigenvalue weighted by Gasteiger charge is 2.19. The lowest BCUT2D eigenvalue weighted by molar-refractivity contribution is 0.508. The first kappa shape index (κ1) is 16.5. The highest BCUT2D eigenvalue weighted by molar-refractivity contribution is 9.10. The van der Waals surface area contributed by atoms with Gasteiger partial charge in [0, 0.05) is 21.1 Å². The molecule has 0 bridgehead atoms. The van der Waals surface area contributed by atoms with Crippen molar-refractivity contribution < 1.29 is 4.39 Å². The number of hydrogen-bond donors (Lipinski definition) is 1. The van der Waals surface area contributed by atoms with Crippen molar-refractivity contribution in [2.24, 2.45) is 0 Å². The number of hydrogen-bond acceptors (Lipinski definition) is 1. The average Bonchev–Trinajstić information content (AvgIpc) is 2.41. The van der Waals surface area contributed by atoms with E-state index in [9.17, 15) is 4.39 Å². The quantitative estimate of drug-likeness (QED) is 0.738. The highest BCUT2D eigenvalue weighted by Crippen LogP contribution is 2.30. The van der Waals surface area contributed by atoms with Crippen molar-refractivity contribution >= 4 is 27.5 Å². The summed E-state index contributed by atoms with van der Waals surface area (Å²) >= 11 is 9.76. The van der Waals surface area contributed by atoms with Gasteiger partial charge in [-0.05, 0) is 49.2 Å². The van der Waals surface area contributed by atoms with E-state index in [1.807, 2.05) is 38.1 Å². The molecule has 0 radical (unpaired) electrons. The molecule has 0 saturated heterocycles. The lowest BCUT2D eigenvalue weighted by Crippen LogP contribution is -2.24. The lowest BCUT2D eigenvalue weighted by atomic mass is 9.97. The van der Waals surface area contributed by atoms with Crippen molar-refractivity contribution in [2.45, 2.75) is 26.3 Å². The summed E-state index contributed by atoms with van der Waals surface area (Å²) < 4.78 is 15.0. The monoisotopic (exact) mass is 369 g/mol. The first-order valence-corrected chi connectivity index (χ1v) is 8.12. The second-order valence-electron chi connectivity index (χ2n) is 5.04. The molecule has 0 aliphatic heterocycles. The smallest absolute Gasteiger partial charge is 0.129 e. The molecule has 112 valence electrons. The Balaban J connectivity index is 2.35. The Morgan fingerprint density at radius 1 is 1.29 bits per heavy atom. The van der Waals surface area contributed by atoms with Crippen LogP contribution in [0.4, 0.5) is 4.39 Å². The van der Waals surface area contributed by atoms with Gasteiger partial charge in [-0.3, -0.25) is 0 Å². The van der Waals surface area contributed by atoms with Crippen molar-refractivity contribution in [3.05, 3.63) is 68.4 Å². The van der Waals surface area contributed by atoms with Crippen molar-refractivity contribution in [2.75, 3.05) is 6.54 Å². The first-order chi connectivity index (χ1) is 10.0. The lowest BCUT2D eigenvalue weighted by Gasteiger charge is -2.21. The molecule has 21 heavy (non-hydrogen) atoms. The van der Waals surface area contributed by atoms with Crippen LogP contribution in [0.1, 0.15) is 29.7 Å². The molecular formula is C17H18BrClFN. The number of nitrogens with one attached hydrogen (secondary N) is 1. The van der Waals surface area contributed by atoms with Gasteiger partial charge in [-0.2, -0.15) is 0 Å². The normalized spacial score (nSPS) is 12.4. The van der Waals surface area contributed by atoms with Crippen molar-refractivity contribution in [1.82, 2.24) is 5.32 Å². The van der Waals surface area contributed by atoms with Crippen LogP contribution in [-0.2, 0) is 6.42 Å². The van der Waals surface area contributed by atoms with Crippen LogP contribution >= 0.6 is 27.5 Å². The molecule has 1 atom stereocenters. The Kier molecular flexibility index (Phi) is 5.80. The van der Waals surface area contributed by atoms with Crippen molar-refractivity contribution in [3.8, 4) is 0 Å². The molecule has 0 fully saturated rings. The summed E-state index contributed by atoms with van der Waals surface area (Å²) in [4.78, 5) is 0. The number of aryl methyl sites for hydroxylation is 1. The van der Waals surface area contributed by atoms with Crippen LogP contribution in [0.15, 0.2) is 40.9 Å². The predicted molar refractivity (Wildman–Crippen MR) is 90.4 cm³/mol. The summed E-state index contributed by atoms with van der Waals surface area (Å²) in [5.41, 5.74) is 2.79. The van der Waals surface area contributed by atoms with E-state index in [0.717, 1.165) is 27.2 Å². The van der Waals surface area contributed by atoms with E-state index >= 15 is 0 Å². The maximum Gasteiger partial charge on any atom is 0.129 e. The molecule has 0 aliphatic rings. The van der Waals surface area contributed by atoms with Gasteiger partial charge >= 0.3 is 0 Å². The van der Waals surface area contributed by atoms with E-state index in [4.69, 9.17) is 11.6 Å². The summed E-state index contributed by atoms with van der Waals surface area (Å²) in [6, 6.07) is 10.9. The molecule has 4 heteroatoms. The molecule has 0 aromatic heterocycles. The third-order valence-electron chi connectivity index (χ3n) is 3.43. The van der Waals surface area contributed by atoms with Gasteiger partial charge in [0.05, 0.1) is 0 Å². The summed E-state index contributed by atoms with van der Waals surface area (Å²) in [5, 5.41) is 4.07. The zero-order valence-corrected chi connectivity index (χ0v) is 14.4. The molecule has 2 aromatic rings. The Morgan fingerprint density at radius 3 is 2.67 bits per heavy atom. The Bertz CT molecular complexity index is 610. The summed E-state index contributed by atoms with van der Waals surface area (Å²) in [7, 11) is 0. The van der Waals surface area contributed by atoms with E-state index in [1.165, 1.54) is 6.07 Å². The van der Waals surface area contributed by atoms with Gasteiger partial charge in [0.15, 0.2) is 0 Å². The molecule has 0 heterocycles. The van der Waals surface area contributed by atoms with Crippen molar-refractivity contribution in [3.63, 3.8) is 0 Å². The first-order valence-electron chi connectivity index (χ1n) is 6.95. The molecule has 2 aromatic carbocycles. The van der Waals surface area contributed by atoms with Crippen LogP contribution in [0.25, 0.3) is 0 Å². The molecule has 1 nitrogen and oxygen atoms in total. The minimum Gasteiger partial charge on any atom is -0.310 e. The molecular weight excluding hydrogens is 353 g/mol. The van der Waals surface area contributed by atoms with Gasteiger partial charge in [-0.1, -0.05) is 52.7 Å². The predicted octanol–water partition coefficient (Wildman–Crippen LogP) is 5.44. The van der Waals surface area contributed by atoms with Crippen LogP contribution in [0.5, 0.6) is 0 Å². The largest absolute Gasteiger partial charge is 0.310 e. The van der Waals surface area contributed by atoms with Gasteiger partial charge in [-0.15, -0.1) is 0 Å². The number of benzene rings is 2. The molecule has 0 saturated carbocycles. The highest BCUT2D eigenvalue weighted by atomic mass is 79.9. The zero-order valence-electron chi connectivity index (χ0n) is 12.1. The topological polar surface area (TPSA) is 12.0 Å². The molecule has 0 aliphatic carbocycles. The molecule has 0 spiro atoms. The van der Waals surface area contributed by atoms with Crippen LogP contribution < -0.4 is 5.32 Å². The summed E-state index contributed by atoms with van der Waals surface area (Å²) in [5.74, 6) is -0.210. The fraction of sp³-hybridized carbons (Fsp3) is 0.294. The fourth-order valence-electron chi connectivity index (χ4n) is 2.40. The Labute approximate surface area is 138 Å². The minimum absolute atomic E-state index is 0.120. The average molecular weight is 371 g/mol. The maximum atomic E-state index is 14.2. The van der Waals surface area contributed by atoms with Gasteiger partial charge in [0.25, 0.3) is 0 Å². The Morgan fingerprint density at radius 2 is 2.05 bits per heavy atom. The third kappa shape index (κ3) is 4.06. The SMILES string of the molecule is CCNC(Cc1ccc(C)cc1Cl)c1c(F)cccc1Br. The van der Waals surface area contributed by atoms with Crippen LogP contribution in [0, 0.1) is 12.7 Å². The molecule has 2 rings (SSSR count). The van der Waals surface area contributed by atoms with Gasteiger partial charge in [0.2, 0.25) is 0 Å². The Hall–Kier alpha value is -0.900. The summed E-state index contributed by atoms with van der Waals surface area (Å²) in [6.07, 6.45) is 0.645. The molecule has 0 amide bonds. The van der Waals surface area contributed by atoms with Crippen LogP contribution in [0.2, 0.25) is 5.02 Å². The van der Waals surface area contributed by atoms with Crippen LogP contribution in [-0.4, -0.2) is 6.54 Å². The van der Waals surface area contributed by atoms with Gasteiger partial charge < -0.3 is 5.32 Å². The fourth-order valence-corrected chi connectivity index (χ4v) is 3.33. The maximum absolute atomic E-state index is 14.2. The second-order valence-corrected chi connectivity index (χ2v) is 6.31.